The third kappa shape index (κ3) is 10.4. The van der Waals surface area contributed by atoms with Crippen LogP contribution in [0.3, 0.4) is 0 Å². The Labute approximate surface area is 282 Å². The molecule has 0 unspecified atom stereocenters. The molecule has 8 nitrogen and oxygen atoms in total. The van der Waals surface area contributed by atoms with Gasteiger partial charge in [0.2, 0.25) is 0 Å². The van der Waals surface area contributed by atoms with E-state index in [-0.39, 0.29) is 48.6 Å². The van der Waals surface area contributed by atoms with Crippen molar-refractivity contribution in [3.63, 3.8) is 0 Å². The van der Waals surface area contributed by atoms with Crippen LogP contribution < -0.4 is 4.74 Å². The number of rotatable bonds is 18. The number of benzene rings is 1. The van der Waals surface area contributed by atoms with E-state index in [1.54, 1.807) is 21.1 Å². The molecule has 0 heterocycles. The molecule has 0 saturated heterocycles. The highest BCUT2D eigenvalue weighted by atomic mass is 16.7. The van der Waals surface area contributed by atoms with Crippen molar-refractivity contribution in [2.24, 2.45) is 35.0 Å². The number of aliphatic hydroxyl groups is 2. The number of aliphatic carboxylic acids is 1. The quantitative estimate of drug-likeness (QED) is 0.0664. The van der Waals surface area contributed by atoms with E-state index in [9.17, 15) is 20.1 Å². The molecule has 1 fully saturated rings. The fraction of sp³-hybridized carbons (Fsp3) is 0.615. The Bertz CT molecular complexity index is 1230. The maximum atomic E-state index is 12.8. The molecule has 0 amide bonds. The zero-order valence-corrected chi connectivity index (χ0v) is 29.4. The number of hydrogen-bond acceptors (Lipinski definition) is 7. The Hall–Kier alpha value is -2.75. The number of allylic oxidation sites excluding steroid dienone is 5. The molecule has 2 aliphatic rings. The predicted octanol–water partition coefficient (Wildman–Crippen LogP) is 7.12. The average Bonchev–Trinajstić information content (AvgIpc) is 3.04. The van der Waals surface area contributed by atoms with Gasteiger partial charge in [0.05, 0.1) is 44.1 Å². The van der Waals surface area contributed by atoms with Crippen molar-refractivity contribution >= 4 is 5.97 Å². The third-order valence-corrected chi connectivity index (χ3v) is 10.2. The second-order valence-electron chi connectivity index (χ2n) is 13.7. The minimum Gasteiger partial charge on any atom is -0.497 e. The fourth-order valence-electron chi connectivity index (χ4n) is 7.31. The Kier molecular flexibility index (Phi) is 15.4. The van der Waals surface area contributed by atoms with Crippen molar-refractivity contribution in [1.82, 2.24) is 0 Å². The van der Waals surface area contributed by atoms with Crippen molar-refractivity contribution < 1.29 is 39.1 Å². The lowest BCUT2D eigenvalue weighted by Crippen LogP contribution is -2.53. The van der Waals surface area contributed by atoms with E-state index in [4.69, 9.17) is 18.9 Å². The molecule has 0 aliphatic heterocycles. The SMILES string of the molecule is COCO[C@@H](/C(=C/CCC[C@@H](C)O)COCc1ccc(OC)cc1)[C@@H](C)/C=C/C=C/[C@H]1C(C)=C[C@H]2[C@H](O)[C@@H](C)CC[C@@H]2[C@@]1(C)C(=O)O. The second kappa shape index (κ2) is 18.7. The van der Waals surface area contributed by atoms with Gasteiger partial charge in [0.25, 0.3) is 0 Å². The van der Waals surface area contributed by atoms with E-state index in [0.29, 0.717) is 19.6 Å². The number of carbonyl (C=O) groups is 1. The van der Waals surface area contributed by atoms with Crippen molar-refractivity contribution in [2.45, 2.75) is 91.6 Å². The number of ether oxygens (including phenoxy) is 4. The summed E-state index contributed by atoms with van der Waals surface area (Å²) in [6.45, 7) is 10.7. The summed E-state index contributed by atoms with van der Waals surface area (Å²) in [5.41, 5.74) is 2.02. The first-order valence-electron chi connectivity index (χ1n) is 17.1. The van der Waals surface area contributed by atoms with E-state index < -0.39 is 17.5 Å². The molecule has 2 aliphatic carbocycles. The largest absolute Gasteiger partial charge is 0.497 e. The number of carboxylic acid groups (broad SMARTS) is 1. The first kappa shape index (κ1) is 38.7. The topological polar surface area (TPSA) is 115 Å². The maximum Gasteiger partial charge on any atom is 0.310 e. The van der Waals surface area contributed by atoms with Crippen LogP contribution in [0.5, 0.6) is 5.75 Å². The van der Waals surface area contributed by atoms with Crippen LogP contribution in [0.4, 0.5) is 0 Å². The van der Waals surface area contributed by atoms with Gasteiger partial charge in [-0.25, -0.2) is 0 Å². The van der Waals surface area contributed by atoms with Gasteiger partial charge in [-0.2, -0.15) is 0 Å². The van der Waals surface area contributed by atoms with Crippen LogP contribution in [0.1, 0.15) is 72.3 Å². The number of carboxylic acids is 1. The Morgan fingerprint density at radius 3 is 2.49 bits per heavy atom. The summed E-state index contributed by atoms with van der Waals surface area (Å²) in [6, 6.07) is 7.79. The number of fused-ring (bicyclic) bond motifs is 1. The standard InChI is InChI=1S/C39H58O8/c1-26-16-21-35-33(36(26)41)22-28(3)34(39(35,5)38(42)43)15-11-8-12-27(2)37(47-25-44-6)31(14-10-9-13-29(4)40)24-46-23-30-17-19-32(45-7)20-18-30/h8,11-12,14-15,17-20,22,26-27,29,33-37,40-41H,9-10,13,16,21,23-25H2,1-7H3,(H,42,43)/b12-8+,15-11+,31-14+/t26-,27-,29+,33+,34-,35-,36+,37+,39-/m0/s1. The predicted molar refractivity (Wildman–Crippen MR) is 185 cm³/mol. The zero-order chi connectivity index (χ0) is 34.6. The molecule has 0 spiro atoms. The van der Waals surface area contributed by atoms with Gasteiger partial charge in [0.15, 0.2) is 0 Å². The molecule has 3 N–H and O–H groups in total. The fourth-order valence-corrected chi connectivity index (χ4v) is 7.31. The minimum atomic E-state index is -1.01. The molecule has 3 rings (SSSR count). The summed E-state index contributed by atoms with van der Waals surface area (Å²) >= 11 is 0. The number of hydrogen-bond donors (Lipinski definition) is 3. The molecule has 0 radical (unpaired) electrons. The maximum absolute atomic E-state index is 12.8. The average molecular weight is 655 g/mol. The number of methoxy groups -OCH3 is 2. The van der Waals surface area contributed by atoms with Crippen molar-refractivity contribution in [3.8, 4) is 5.75 Å². The summed E-state index contributed by atoms with van der Waals surface area (Å²) in [4.78, 5) is 12.8. The summed E-state index contributed by atoms with van der Waals surface area (Å²) in [7, 11) is 3.24. The normalized spacial score (nSPS) is 28.6. The molecule has 0 bridgehead atoms. The first-order chi connectivity index (χ1) is 22.4. The van der Waals surface area contributed by atoms with Crippen molar-refractivity contribution in [1.29, 1.82) is 0 Å². The van der Waals surface area contributed by atoms with Gasteiger partial charge in [-0.05, 0) is 88.0 Å². The van der Waals surface area contributed by atoms with Gasteiger partial charge in [0, 0.05) is 24.9 Å². The van der Waals surface area contributed by atoms with Gasteiger partial charge < -0.3 is 34.3 Å². The van der Waals surface area contributed by atoms with Gasteiger partial charge in [-0.15, -0.1) is 0 Å². The molecule has 1 saturated carbocycles. The van der Waals surface area contributed by atoms with Crippen LogP contribution in [0.2, 0.25) is 0 Å². The van der Waals surface area contributed by atoms with Crippen LogP contribution in [0, 0.1) is 35.0 Å². The first-order valence-corrected chi connectivity index (χ1v) is 17.1. The van der Waals surface area contributed by atoms with E-state index in [2.05, 4.69) is 25.2 Å². The summed E-state index contributed by atoms with van der Waals surface area (Å²) in [5, 5.41) is 31.2. The number of unbranched alkanes of at least 4 members (excludes halogenated alkanes) is 1. The van der Waals surface area contributed by atoms with E-state index in [1.165, 1.54) is 0 Å². The zero-order valence-electron chi connectivity index (χ0n) is 29.4. The van der Waals surface area contributed by atoms with Crippen LogP contribution in [0.25, 0.3) is 0 Å². The van der Waals surface area contributed by atoms with Crippen LogP contribution in [0.15, 0.2) is 71.9 Å². The lowest BCUT2D eigenvalue weighted by molar-refractivity contribution is -0.160. The summed E-state index contributed by atoms with van der Waals surface area (Å²) in [6.07, 6.45) is 15.0. The Morgan fingerprint density at radius 1 is 1.13 bits per heavy atom. The summed E-state index contributed by atoms with van der Waals surface area (Å²) in [5.74, 6) is -0.456. The molecule has 8 heteroatoms. The van der Waals surface area contributed by atoms with Crippen LogP contribution >= 0.6 is 0 Å². The van der Waals surface area contributed by atoms with Crippen molar-refractivity contribution in [2.75, 3.05) is 27.6 Å². The monoisotopic (exact) mass is 654 g/mol. The van der Waals surface area contributed by atoms with Crippen molar-refractivity contribution in [3.05, 3.63) is 77.4 Å². The molecule has 9 atom stereocenters. The highest BCUT2D eigenvalue weighted by molar-refractivity contribution is 5.77. The van der Waals surface area contributed by atoms with Gasteiger partial charge in [-0.1, -0.05) is 68.0 Å². The van der Waals surface area contributed by atoms with E-state index in [0.717, 1.165) is 48.1 Å². The van der Waals surface area contributed by atoms with Gasteiger partial charge in [0.1, 0.15) is 12.5 Å². The summed E-state index contributed by atoms with van der Waals surface area (Å²) < 4.78 is 22.9. The van der Waals surface area contributed by atoms with E-state index in [1.807, 2.05) is 63.3 Å². The molecular weight excluding hydrogens is 596 g/mol. The van der Waals surface area contributed by atoms with Crippen LogP contribution in [-0.4, -0.2) is 67.2 Å². The third-order valence-electron chi connectivity index (χ3n) is 10.2. The number of aliphatic hydroxyl groups excluding tert-OH is 2. The molecule has 0 aromatic heterocycles. The Morgan fingerprint density at radius 2 is 1.85 bits per heavy atom. The smallest absolute Gasteiger partial charge is 0.310 e. The van der Waals surface area contributed by atoms with Gasteiger partial charge in [-0.3, -0.25) is 4.79 Å². The Balaban J connectivity index is 1.79. The lowest BCUT2D eigenvalue weighted by Gasteiger charge is -2.51. The van der Waals surface area contributed by atoms with E-state index >= 15 is 0 Å². The molecule has 262 valence electrons. The van der Waals surface area contributed by atoms with Gasteiger partial charge >= 0.3 is 5.97 Å². The lowest BCUT2D eigenvalue weighted by atomic mass is 9.52. The highest BCUT2D eigenvalue weighted by Gasteiger charge is 2.55. The molecule has 1 aromatic rings. The molecule has 1 aromatic carbocycles. The highest BCUT2D eigenvalue weighted by Crippen LogP contribution is 2.54. The molecule has 47 heavy (non-hydrogen) atoms. The molecular formula is C39H58O8. The van der Waals surface area contributed by atoms with Crippen LogP contribution in [-0.2, 0) is 25.6 Å². The minimum absolute atomic E-state index is 0.0457. The second-order valence-corrected chi connectivity index (χ2v) is 13.7.